The third-order valence-electron chi connectivity index (χ3n) is 17.3. The first kappa shape index (κ1) is 55.4. The van der Waals surface area contributed by atoms with Gasteiger partial charge in [0.2, 0.25) is 0 Å². The average Bonchev–Trinajstić information content (AvgIpc) is 1.52. The number of halogens is 5. The Labute approximate surface area is 525 Å². The Balaban J connectivity index is 0.987. The van der Waals surface area contributed by atoms with Gasteiger partial charge in [0.25, 0.3) is 0 Å². The fourth-order valence-corrected chi connectivity index (χ4v) is 12.9. The third kappa shape index (κ3) is 9.84. The van der Waals surface area contributed by atoms with Crippen LogP contribution in [0.2, 0.25) is 0 Å². The minimum Gasteiger partial charge on any atom is -0.309 e. The van der Waals surface area contributed by atoms with Crippen LogP contribution in [0.15, 0.2) is 298 Å². The summed E-state index contributed by atoms with van der Waals surface area (Å²) in [5.41, 5.74) is 11.1. The van der Waals surface area contributed by atoms with E-state index >= 15 is 22.0 Å². The molecule has 0 saturated carbocycles. The fraction of sp³-hybridized carbons (Fsp3) is 0.0123. The number of alkyl halides is 3. The molecule has 438 valence electrons. The molecule has 16 rings (SSSR count). The van der Waals surface area contributed by atoms with Crippen LogP contribution in [0, 0.1) is 11.6 Å². The maximum Gasteiger partial charge on any atom is 0.420 e. The van der Waals surface area contributed by atoms with E-state index in [1.165, 1.54) is 18.2 Å². The van der Waals surface area contributed by atoms with Gasteiger partial charge in [0.05, 0.1) is 61.8 Å². The van der Waals surface area contributed by atoms with E-state index < -0.39 is 34.6 Å². The van der Waals surface area contributed by atoms with Gasteiger partial charge >= 0.3 is 6.18 Å². The molecule has 92 heavy (non-hydrogen) atoms. The Hall–Kier alpha value is -12.0. The number of rotatable bonds is 11. The average molecular weight is 1200 g/mol. The van der Waals surface area contributed by atoms with E-state index in [-0.39, 0.29) is 11.3 Å². The SMILES string of the molecule is Fc1cccc(F)c1-c1ccc(-n2c3cc(-c4ccc(-c5ccccc5)nc4)ccc3c3ccc(-c4ccc(-c5ccccc5)nc4)cc32)c(C(F)(F)F)c1-n1c2cc(-c3ccc(-c4ccccc4)nc3)ccc2c2ccc(-c3ccc(-c4ccccc4)nc3)cc21. The van der Waals surface area contributed by atoms with Gasteiger partial charge in [0.1, 0.15) is 17.2 Å². The van der Waals surface area contributed by atoms with Crippen molar-refractivity contribution in [1.29, 1.82) is 0 Å². The third-order valence-corrected chi connectivity index (χ3v) is 17.3. The van der Waals surface area contributed by atoms with Gasteiger partial charge in [-0.25, -0.2) is 8.78 Å². The molecule has 0 saturated heterocycles. The van der Waals surface area contributed by atoms with Crippen molar-refractivity contribution in [3.63, 3.8) is 0 Å². The van der Waals surface area contributed by atoms with E-state index in [0.717, 1.165) is 68.3 Å². The van der Waals surface area contributed by atoms with Gasteiger partial charge in [-0.15, -0.1) is 0 Å². The molecule has 6 nitrogen and oxygen atoms in total. The Morgan fingerprint density at radius 2 is 0.576 bits per heavy atom. The summed E-state index contributed by atoms with van der Waals surface area (Å²) in [7, 11) is 0. The highest BCUT2D eigenvalue weighted by atomic mass is 19.4. The highest BCUT2D eigenvalue weighted by Crippen LogP contribution is 2.50. The Bertz CT molecular complexity index is 5160. The van der Waals surface area contributed by atoms with Crippen molar-refractivity contribution in [2.75, 3.05) is 0 Å². The lowest BCUT2D eigenvalue weighted by atomic mass is 9.96. The van der Waals surface area contributed by atoms with E-state index in [4.69, 9.17) is 19.9 Å². The first-order valence-electron chi connectivity index (χ1n) is 30.0. The van der Waals surface area contributed by atoms with Gasteiger partial charge in [-0.1, -0.05) is 200 Å². The van der Waals surface area contributed by atoms with Gasteiger partial charge in [-0.05, 0) is 95.1 Å². The zero-order valence-electron chi connectivity index (χ0n) is 48.9. The number of pyridine rings is 4. The van der Waals surface area contributed by atoms with E-state index in [9.17, 15) is 0 Å². The molecule has 0 radical (unpaired) electrons. The molecule has 0 N–H and O–H groups in total. The highest BCUT2D eigenvalue weighted by Gasteiger charge is 2.41. The smallest absolute Gasteiger partial charge is 0.309 e. The first-order chi connectivity index (χ1) is 45.1. The number of aromatic nitrogens is 6. The van der Waals surface area contributed by atoms with Gasteiger partial charge in [-0.3, -0.25) is 19.9 Å². The van der Waals surface area contributed by atoms with Crippen LogP contribution in [0.3, 0.4) is 0 Å². The van der Waals surface area contributed by atoms with Crippen LogP contribution in [0.4, 0.5) is 22.0 Å². The van der Waals surface area contributed by atoms with Crippen LogP contribution in [-0.4, -0.2) is 29.1 Å². The number of fused-ring (bicyclic) bond motifs is 6. The molecule has 0 bridgehead atoms. The lowest BCUT2D eigenvalue weighted by molar-refractivity contribution is -0.137. The lowest BCUT2D eigenvalue weighted by Crippen LogP contribution is -2.17. The van der Waals surface area contributed by atoms with Crippen molar-refractivity contribution in [3.05, 3.63) is 315 Å². The molecule has 10 aromatic carbocycles. The topological polar surface area (TPSA) is 61.4 Å². The maximum atomic E-state index is 17.8. The minimum absolute atomic E-state index is 0.277. The molecular formula is C81H49F5N6. The van der Waals surface area contributed by atoms with Crippen molar-refractivity contribution in [3.8, 4) is 112 Å². The summed E-state index contributed by atoms with van der Waals surface area (Å²) in [5, 5.41) is 2.55. The number of hydrogen-bond donors (Lipinski definition) is 0. The first-order valence-corrected chi connectivity index (χ1v) is 30.0. The molecule has 0 atom stereocenters. The zero-order chi connectivity index (χ0) is 62.0. The number of benzene rings is 10. The standard InChI is InChI=1S/C81H49F5N6/c82-67-22-13-23-68(83)78(67)66-36-41-73(91-74-42-54(58-28-37-69(87-46-58)50-14-5-1-6-15-50)24-32-62(74)63-33-25-55(43-75(63)91)59-29-38-70(88-47-59)51-16-7-2-8-17-51)79(81(84,85)86)80(66)92-76-44-56(60-30-39-71(89-48-60)52-18-9-3-10-19-52)26-34-64(76)65-35-27-57(45-77(65)92)61-31-40-72(90-49-61)53-20-11-4-12-21-53/h1-49H. The molecule has 0 spiro atoms. The van der Waals surface area contributed by atoms with Crippen molar-refractivity contribution in [2.24, 2.45) is 0 Å². The van der Waals surface area contributed by atoms with Crippen LogP contribution in [0.1, 0.15) is 5.56 Å². The Morgan fingerprint density at radius 1 is 0.272 bits per heavy atom. The summed E-state index contributed by atoms with van der Waals surface area (Å²) >= 11 is 0. The molecule has 0 aliphatic carbocycles. The highest BCUT2D eigenvalue weighted by molar-refractivity contribution is 6.14. The van der Waals surface area contributed by atoms with E-state index in [0.29, 0.717) is 77.0 Å². The molecule has 0 amide bonds. The molecule has 16 aromatic rings. The van der Waals surface area contributed by atoms with Gasteiger partial charge in [0.15, 0.2) is 0 Å². The van der Waals surface area contributed by atoms with Gasteiger partial charge < -0.3 is 9.13 Å². The van der Waals surface area contributed by atoms with Crippen molar-refractivity contribution in [2.45, 2.75) is 6.18 Å². The summed E-state index contributed by atoms with van der Waals surface area (Å²) in [6, 6.07) is 83.5. The monoisotopic (exact) mass is 1200 g/mol. The molecule has 0 unspecified atom stereocenters. The van der Waals surface area contributed by atoms with Gasteiger partial charge in [0, 0.05) is 96.4 Å². The summed E-state index contributed by atoms with van der Waals surface area (Å²) in [6.07, 6.45) is 1.82. The van der Waals surface area contributed by atoms with Crippen LogP contribution in [0.25, 0.3) is 156 Å². The number of nitrogens with zero attached hydrogens (tertiary/aromatic N) is 6. The van der Waals surface area contributed by atoms with Crippen LogP contribution >= 0.6 is 0 Å². The molecule has 0 aliphatic heterocycles. The second kappa shape index (κ2) is 22.6. The molecule has 0 aliphatic rings. The van der Waals surface area contributed by atoms with E-state index in [1.807, 2.05) is 243 Å². The van der Waals surface area contributed by atoms with Crippen LogP contribution < -0.4 is 0 Å². The van der Waals surface area contributed by atoms with Crippen LogP contribution in [-0.2, 0) is 6.18 Å². The lowest BCUT2D eigenvalue weighted by Gasteiger charge is -2.25. The quantitative estimate of drug-likeness (QED) is 0.121. The van der Waals surface area contributed by atoms with E-state index in [2.05, 4.69) is 0 Å². The normalized spacial score (nSPS) is 11.8. The molecular weight excluding hydrogens is 1150 g/mol. The predicted octanol–water partition coefficient (Wildman–Crippen LogP) is 21.8. The molecule has 6 aromatic heterocycles. The van der Waals surface area contributed by atoms with Crippen LogP contribution in [0.5, 0.6) is 0 Å². The maximum absolute atomic E-state index is 17.8. The summed E-state index contributed by atoms with van der Waals surface area (Å²) < 4.78 is 90.6. The second-order valence-electron chi connectivity index (χ2n) is 22.7. The van der Waals surface area contributed by atoms with E-state index in [1.54, 1.807) is 33.9 Å². The fourth-order valence-electron chi connectivity index (χ4n) is 12.9. The predicted molar refractivity (Wildman–Crippen MR) is 360 cm³/mol. The summed E-state index contributed by atoms with van der Waals surface area (Å²) in [5.74, 6) is -2.07. The van der Waals surface area contributed by atoms with Crippen molar-refractivity contribution < 1.29 is 22.0 Å². The Kier molecular flexibility index (Phi) is 13.6. The number of hydrogen-bond acceptors (Lipinski definition) is 4. The molecule has 0 fully saturated rings. The Morgan fingerprint density at radius 3 is 0.870 bits per heavy atom. The largest absolute Gasteiger partial charge is 0.420 e. The summed E-state index contributed by atoms with van der Waals surface area (Å²) in [4.78, 5) is 19.4. The summed E-state index contributed by atoms with van der Waals surface area (Å²) in [6.45, 7) is 0. The van der Waals surface area contributed by atoms with Gasteiger partial charge in [-0.2, -0.15) is 13.2 Å². The second-order valence-corrected chi connectivity index (χ2v) is 22.7. The van der Waals surface area contributed by atoms with Crippen molar-refractivity contribution >= 4 is 43.6 Å². The zero-order valence-corrected chi connectivity index (χ0v) is 48.9. The molecule has 6 heterocycles. The molecule has 11 heteroatoms. The van der Waals surface area contributed by atoms with Crippen molar-refractivity contribution in [1.82, 2.24) is 29.1 Å². The minimum atomic E-state index is -5.21.